The van der Waals surface area contributed by atoms with Crippen molar-refractivity contribution < 1.29 is 9.90 Å². The highest BCUT2D eigenvalue weighted by Gasteiger charge is 2.27. The number of rotatable bonds is 1. The zero-order chi connectivity index (χ0) is 12.4. The van der Waals surface area contributed by atoms with Gasteiger partial charge in [-0.05, 0) is 40.4 Å². The molecule has 92 valence electrons. The van der Waals surface area contributed by atoms with Gasteiger partial charge < -0.3 is 10.0 Å². The number of β-amino-alcohol motifs (C(OH)–C–C–N with tert-alkyl or cyclic N) is 1. The summed E-state index contributed by atoms with van der Waals surface area (Å²) in [5, 5.41) is 9.67. The van der Waals surface area contributed by atoms with Crippen molar-refractivity contribution in [3.8, 4) is 0 Å². The fourth-order valence-corrected chi connectivity index (χ4v) is 2.38. The number of carbonyl (C=O) groups excluding carboxylic acids is 1. The minimum absolute atomic E-state index is 0.108. The van der Waals surface area contributed by atoms with Gasteiger partial charge in [0.2, 0.25) is 0 Å². The number of aromatic nitrogens is 1. The van der Waals surface area contributed by atoms with Crippen molar-refractivity contribution in [3.63, 3.8) is 0 Å². The minimum Gasteiger partial charge on any atom is -0.391 e. The number of piperidine rings is 1. The van der Waals surface area contributed by atoms with Crippen LogP contribution in [0.15, 0.2) is 22.8 Å². The van der Waals surface area contributed by atoms with Crippen LogP contribution in [-0.4, -0.2) is 40.1 Å². The minimum atomic E-state index is -0.418. The summed E-state index contributed by atoms with van der Waals surface area (Å²) in [7, 11) is 0. The van der Waals surface area contributed by atoms with Crippen LogP contribution < -0.4 is 0 Å². The van der Waals surface area contributed by atoms with Crippen LogP contribution in [0.1, 0.15) is 23.8 Å². The third-order valence-corrected chi connectivity index (χ3v) is 3.34. The van der Waals surface area contributed by atoms with E-state index in [0.29, 0.717) is 24.7 Å². The zero-order valence-corrected chi connectivity index (χ0v) is 11.2. The molecule has 2 atom stereocenters. The molecule has 17 heavy (non-hydrogen) atoms. The Balaban J connectivity index is 2.11. The molecule has 0 bridgehead atoms. The van der Waals surface area contributed by atoms with Gasteiger partial charge in [-0.3, -0.25) is 4.79 Å². The summed E-state index contributed by atoms with van der Waals surface area (Å²) in [5.74, 6) is 0.223. The lowest BCUT2D eigenvalue weighted by molar-refractivity contribution is 0.0335. The number of likely N-dealkylation sites (tertiary alicyclic amines) is 1. The number of nitrogens with zero attached hydrogens (tertiary/aromatic N) is 2. The molecule has 1 aromatic rings. The van der Waals surface area contributed by atoms with Crippen LogP contribution in [0, 0.1) is 5.92 Å². The Labute approximate surface area is 109 Å². The zero-order valence-electron chi connectivity index (χ0n) is 9.64. The molecule has 1 fully saturated rings. The van der Waals surface area contributed by atoms with Crippen molar-refractivity contribution in [1.82, 2.24) is 9.88 Å². The Hall–Kier alpha value is -0.940. The number of hydrogen-bond donors (Lipinski definition) is 1. The number of amides is 1. The molecule has 1 aromatic heterocycles. The van der Waals surface area contributed by atoms with Gasteiger partial charge in [0.25, 0.3) is 5.91 Å². The molecule has 1 aliphatic rings. The van der Waals surface area contributed by atoms with E-state index in [9.17, 15) is 9.90 Å². The lowest BCUT2D eigenvalue weighted by Crippen LogP contribution is -2.45. The average Bonchev–Trinajstić information content (AvgIpc) is 2.28. The molecular weight excluding hydrogens is 284 g/mol. The lowest BCUT2D eigenvalue weighted by Gasteiger charge is -2.33. The fraction of sp³-hybridized carbons (Fsp3) is 0.500. The summed E-state index contributed by atoms with van der Waals surface area (Å²) >= 11 is 3.28. The molecule has 4 nitrogen and oxygen atoms in total. The molecule has 0 spiro atoms. The molecule has 1 aliphatic heterocycles. The second kappa shape index (κ2) is 5.14. The summed E-state index contributed by atoms with van der Waals surface area (Å²) in [6, 6.07) is 3.49. The average molecular weight is 299 g/mol. The van der Waals surface area contributed by atoms with E-state index in [0.717, 1.165) is 10.9 Å². The van der Waals surface area contributed by atoms with Crippen molar-refractivity contribution in [2.24, 2.45) is 5.92 Å². The van der Waals surface area contributed by atoms with Gasteiger partial charge in [0, 0.05) is 23.8 Å². The van der Waals surface area contributed by atoms with Gasteiger partial charge in [-0.15, -0.1) is 0 Å². The van der Waals surface area contributed by atoms with Gasteiger partial charge in [0.1, 0.15) is 5.69 Å². The Bertz CT molecular complexity index is 397. The third-order valence-electron chi connectivity index (χ3n) is 2.87. The van der Waals surface area contributed by atoms with Gasteiger partial charge >= 0.3 is 0 Å². The third kappa shape index (κ3) is 3.04. The normalized spacial score (nSPS) is 24.8. The number of carbonyl (C=O) groups is 1. The van der Waals surface area contributed by atoms with E-state index >= 15 is 0 Å². The van der Waals surface area contributed by atoms with Crippen molar-refractivity contribution in [3.05, 3.63) is 28.5 Å². The first-order chi connectivity index (χ1) is 8.06. The highest BCUT2D eigenvalue weighted by Crippen LogP contribution is 2.18. The maximum Gasteiger partial charge on any atom is 0.272 e. The maximum atomic E-state index is 12.1. The molecule has 1 amide bonds. The van der Waals surface area contributed by atoms with E-state index < -0.39 is 6.10 Å². The Morgan fingerprint density at radius 2 is 2.29 bits per heavy atom. The molecule has 2 rings (SSSR count). The maximum absolute atomic E-state index is 12.1. The Morgan fingerprint density at radius 3 is 2.88 bits per heavy atom. The Morgan fingerprint density at radius 1 is 1.53 bits per heavy atom. The predicted molar refractivity (Wildman–Crippen MR) is 67.6 cm³/mol. The molecule has 0 saturated carbocycles. The SMILES string of the molecule is C[C@@H]1C[C@H](O)CN(C(=O)c2ccc(Br)cn2)C1. The van der Waals surface area contributed by atoms with Crippen LogP contribution in [0.25, 0.3) is 0 Å². The van der Waals surface area contributed by atoms with E-state index in [2.05, 4.69) is 20.9 Å². The van der Waals surface area contributed by atoms with Crippen LogP contribution in [0.4, 0.5) is 0 Å². The van der Waals surface area contributed by atoms with Crippen molar-refractivity contribution in [2.75, 3.05) is 13.1 Å². The monoisotopic (exact) mass is 298 g/mol. The first-order valence-corrected chi connectivity index (χ1v) is 6.44. The first-order valence-electron chi connectivity index (χ1n) is 5.65. The molecule has 0 radical (unpaired) electrons. The van der Waals surface area contributed by atoms with Gasteiger partial charge in [-0.2, -0.15) is 0 Å². The van der Waals surface area contributed by atoms with Gasteiger partial charge in [0.05, 0.1) is 6.10 Å². The highest BCUT2D eigenvalue weighted by molar-refractivity contribution is 9.10. The molecule has 1 saturated heterocycles. The number of hydrogen-bond acceptors (Lipinski definition) is 3. The number of halogens is 1. The summed E-state index contributed by atoms with van der Waals surface area (Å²) in [6.07, 6.45) is 1.95. The molecule has 2 heterocycles. The van der Waals surface area contributed by atoms with E-state index in [1.54, 1.807) is 23.2 Å². The summed E-state index contributed by atoms with van der Waals surface area (Å²) in [5.41, 5.74) is 0.425. The quantitative estimate of drug-likeness (QED) is 0.858. The Kier molecular flexibility index (Phi) is 3.79. The largest absolute Gasteiger partial charge is 0.391 e. The second-order valence-corrected chi connectivity index (χ2v) is 5.48. The molecular formula is C12H15BrN2O2. The van der Waals surface area contributed by atoms with Crippen LogP contribution in [-0.2, 0) is 0 Å². The van der Waals surface area contributed by atoms with Crippen molar-refractivity contribution in [2.45, 2.75) is 19.4 Å². The van der Waals surface area contributed by atoms with Crippen LogP contribution in [0.5, 0.6) is 0 Å². The van der Waals surface area contributed by atoms with E-state index in [1.165, 1.54) is 0 Å². The second-order valence-electron chi connectivity index (χ2n) is 4.57. The van der Waals surface area contributed by atoms with E-state index in [4.69, 9.17) is 0 Å². The predicted octanol–water partition coefficient (Wildman–Crippen LogP) is 1.69. The molecule has 0 aromatic carbocycles. The summed E-state index contributed by atoms with van der Waals surface area (Å²) < 4.78 is 0.848. The van der Waals surface area contributed by atoms with Crippen molar-refractivity contribution in [1.29, 1.82) is 0 Å². The van der Waals surface area contributed by atoms with E-state index in [1.807, 2.05) is 6.92 Å². The molecule has 1 N–H and O–H groups in total. The van der Waals surface area contributed by atoms with Gasteiger partial charge in [0.15, 0.2) is 0 Å². The first kappa shape index (κ1) is 12.5. The topological polar surface area (TPSA) is 53.4 Å². The highest BCUT2D eigenvalue weighted by atomic mass is 79.9. The van der Waals surface area contributed by atoms with Crippen molar-refractivity contribution >= 4 is 21.8 Å². The number of aliphatic hydroxyl groups is 1. The molecule has 0 aliphatic carbocycles. The van der Waals surface area contributed by atoms with E-state index in [-0.39, 0.29) is 5.91 Å². The van der Waals surface area contributed by atoms with Crippen LogP contribution >= 0.6 is 15.9 Å². The summed E-state index contributed by atoms with van der Waals surface area (Å²) in [4.78, 5) is 17.9. The smallest absolute Gasteiger partial charge is 0.272 e. The number of pyridine rings is 1. The van der Waals surface area contributed by atoms with Crippen LogP contribution in [0.2, 0.25) is 0 Å². The van der Waals surface area contributed by atoms with Crippen LogP contribution in [0.3, 0.4) is 0 Å². The van der Waals surface area contributed by atoms with Gasteiger partial charge in [-0.25, -0.2) is 4.98 Å². The molecule has 0 unspecified atom stereocenters. The number of aliphatic hydroxyl groups excluding tert-OH is 1. The van der Waals surface area contributed by atoms with Gasteiger partial charge in [-0.1, -0.05) is 6.92 Å². The lowest BCUT2D eigenvalue weighted by atomic mass is 9.98. The fourth-order valence-electron chi connectivity index (χ4n) is 2.15. The standard InChI is InChI=1S/C12H15BrN2O2/c1-8-4-10(16)7-15(6-8)12(17)11-3-2-9(13)5-14-11/h2-3,5,8,10,16H,4,6-7H2,1H3/t8-,10+/m1/s1. The summed E-state index contributed by atoms with van der Waals surface area (Å²) in [6.45, 7) is 3.13. The molecule has 5 heteroatoms.